The van der Waals surface area contributed by atoms with Crippen molar-refractivity contribution in [1.29, 1.82) is 0 Å². The van der Waals surface area contributed by atoms with Crippen LogP contribution >= 0.6 is 0 Å². The molecule has 18 heteroatoms. The van der Waals surface area contributed by atoms with Gasteiger partial charge in [0.2, 0.25) is 5.95 Å². The van der Waals surface area contributed by atoms with Gasteiger partial charge in [-0.15, -0.1) is 0 Å². The highest BCUT2D eigenvalue weighted by molar-refractivity contribution is 7.92. The Kier molecular flexibility index (Phi) is 7.90. The Morgan fingerprint density at radius 3 is 2.11 bits per heavy atom. The standard InChI is InChI=1S/C20H14F7N3O6S2/c1-35-11-30(37(31,32)17-8-4-7-15(21)28-17)16-10-9-13(19(22,23)24)18(29-16)12-5-2-3-6-14(12)36-38(33,34)20(25,26)27/h2-10H,11H2,1H3. The second kappa shape index (κ2) is 10.3. The maximum absolute atomic E-state index is 13.8. The van der Waals surface area contributed by atoms with Gasteiger partial charge in [0.25, 0.3) is 10.0 Å². The van der Waals surface area contributed by atoms with Gasteiger partial charge in [-0.1, -0.05) is 18.2 Å². The summed E-state index contributed by atoms with van der Waals surface area (Å²) in [6, 6.07) is 7.16. The summed E-state index contributed by atoms with van der Waals surface area (Å²) >= 11 is 0. The second-order valence-corrected chi connectivity index (χ2v) is 10.5. The number of ether oxygens (including phenoxy) is 1. The molecule has 3 aromatic rings. The average Bonchev–Trinajstić information content (AvgIpc) is 2.81. The molecule has 2 heterocycles. The topological polar surface area (TPSA) is 116 Å². The van der Waals surface area contributed by atoms with Gasteiger partial charge in [-0.3, -0.25) is 0 Å². The first kappa shape index (κ1) is 29.1. The van der Waals surface area contributed by atoms with E-state index in [1.807, 2.05) is 0 Å². The lowest BCUT2D eigenvalue weighted by molar-refractivity contribution is -0.137. The van der Waals surface area contributed by atoms with Crippen molar-refractivity contribution in [1.82, 2.24) is 9.97 Å². The van der Waals surface area contributed by atoms with Crippen LogP contribution < -0.4 is 8.49 Å². The summed E-state index contributed by atoms with van der Waals surface area (Å²) in [4.78, 5) is 6.90. The van der Waals surface area contributed by atoms with Gasteiger partial charge in [-0.2, -0.15) is 47.6 Å². The monoisotopic (exact) mass is 589 g/mol. The Labute approximate surface area is 210 Å². The average molecular weight is 589 g/mol. The van der Waals surface area contributed by atoms with Crippen LogP contribution in [0.5, 0.6) is 5.75 Å². The summed E-state index contributed by atoms with van der Waals surface area (Å²) in [5, 5.41) is -0.863. The molecule has 0 fully saturated rings. The van der Waals surface area contributed by atoms with Gasteiger partial charge in [0.05, 0.1) is 11.3 Å². The van der Waals surface area contributed by atoms with Crippen LogP contribution in [0.15, 0.2) is 59.6 Å². The highest BCUT2D eigenvalue weighted by atomic mass is 32.2. The van der Waals surface area contributed by atoms with Crippen LogP contribution in [-0.2, 0) is 31.1 Å². The van der Waals surface area contributed by atoms with Crippen molar-refractivity contribution < 1.29 is 56.5 Å². The molecule has 0 radical (unpaired) electrons. The molecule has 0 aliphatic carbocycles. The Morgan fingerprint density at radius 1 is 0.868 bits per heavy atom. The predicted octanol–water partition coefficient (Wildman–Crippen LogP) is 4.33. The van der Waals surface area contributed by atoms with E-state index in [0.717, 1.165) is 43.5 Å². The van der Waals surface area contributed by atoms with Gasteiger partial charge in [0, 0.05) is 12.7 Å². The van der Waals surface area contributed by atoms with Gasteiger partial charge >= 0.3 is 21.8 Å². The van der Waals surface area contributed by atoms with Crippen LogP contribution in [0.3, 0.4) is 0 Å². The minimum absolute atomic E-state index is 0.314. The van der Waals surface area contributed by atoms with Crippen LogP contribution in [0.1, 0.15) is 5.56 Å². The molecular weight excluding hydrogens is 575 g/mol. The zero-order valence-corrected chi connectivity index (χ0v) is 20.3. The van der Waals surface area contributed by atoms with E-state index in [1.165, 1.54) is 0 Å². The van der Waals surface area contributed by atoms with E-state index in [2.05, 4.69) is 14.2 Å². The van der Waals surface area contributed by atoms with Crippen molar-refractivity contribution >= 4 is 26.0 Å². The summed E-state index contributed by atoms with van der Waals surface area (Å²) in [6.07, 6.45) is -5.19. The Hall–Kier alpha value is -3.51. The summed E-state index contributed by atoms with van der Waals surface area (Å²) < 4.78 is 152. The van der Waals surface area contributed by atoms with Crippen molar-refractivity contribution in [3.05, 3.63) is 66.1 Å². The number of hydrogen-bond donors (Lipinski definition) is 0. The number of aromatic nitrogens is 2. The highest BCUT2D eigenvalue weighted by Crippen LogP contribution is 2.42. The van der Waals surface area contributed by atoms with E-state index in [9.17, 15) is 47.6 Å². The third kappa shape index (κ3) is 5.97. The number of para-hydroxylation sites is 1. The van der Waals surface area contributed by atoms with Crippen molar-refractivity contribution in [3.8, 4) is 17.0 Å². The third-order valence-corrected chi connectivity index (χ3v) is 7.15. The number of rotatable bonds is 8. The van der Waals surface area contributed by atoms with E-state index in [1.54, 1.807) is 0 Å². The molecule has 38 heavy (non-hydrogen) atoms. The van der Waals surface area contributed by atoms with E-state index in [0.29, 0.717) is 22.5 Å². The molecular formula is C20H14F7N3O6S2. The number of pyridine rings is 2. The van der Waals surface area contributed by atoms with E-state index >= 15 is 0 Å². The summed E-state index contributed by atoms with van der Waals surface area (Å²) in [5.74, 6) is -3.12. The lowest BCUT2D eigenvalue weighted by Gasteiger charge is -2.24. The van der Waals surface area contributed by atoms with Gasteiger partial charge in [-0.05, 0) is 36.4 Å². The van der Waals surface area contributed by atoms with Crippen LogP contribution in [0.4, 0.5) is 36.6 Å². The molecule has 0 aliphatic rings. The molecule has 206 valence electrons. The molecule has 9 nitrogen and oxygen atoms in total. The number of anilines is 1. The number of halogens is 7. The molecule has 2 aromatic heterocycles. The molecule has 0 amide bonds. The summed E-state index contributed by atoms with van der Waals surface area (Å²) in [5.41, 5.74) is -9.52. The minimum atomic E-state index is -6.31. The number of methoxy groups -OCH3 is 1. The zero-order chi connectivity index (χ0) is 28.5. The molecule has 0 aliphatic heterocycles. The van der Waals surface area contributed by atoms with Gasteiger partial charge in [-0.25, -0.2) is 14.3 Å². The zero-order valence-electron chi connectivity index (χ0n) is 18.7. The molecule has 0 saturated heterocycles. The maximum Gasteiger partial charge on any atom is 0.534 e. The molecule has 0 spiro atoms. The Balaban J connectivity index is 2.27. The molecule has 0 N–H and O–H groups in total. The van der Waals surface area contributed by atoms with Gasteiger partial charge < -0.3 is 8.92 Å². The van der Waals surface area contributed by atoms with E-state index < -0.39 is 77.9 Å². The normalized spacial score (nSPS) is 12.8. The number of alkyl halides is 6. The number of sulfonamides is 1. The molecule has 0 saturated carbocycles. The first-order valence-corrected chi connectivity index (χ1v) is 12.7. The largest absolute Gasteiger partial charge is 0.534 e. The van der Waals surface area contributed by atoms with Crippen molar-refractivity contribution in [3.63, 3.8) is 0 Å². The van der Waals surface area contributed by atoms with Crippen molar-refractivity contribution in [2.75, 3.05) is 18.1 Å². The Morgan fingerprint density at radius 2 is 1.53 bits per heavy atom. The third-order valence-electron chi connectivity index (χ3n) is 4.56. The van der Waals surface area contributed by atoms with Crippen LogP contribution in [0, 0.1) is 5.95 Å². The van der Waals surface area contributed by atoms with E-state index in [-0.39, 0.29) is 0 Å². The van der Waals surface area contributed by atoms with Crippen molar-refractivity contribution in [2.45, 2.75) is 16.7 Å². The predicted molar refractivity (Wildman–Crippen MR) is 116 cm³/mol. The molecule has 3 rings (SSSR count). The molecule has 0 bridgehead atoms. The highest BCUT2D eigenvalue weighted by Gasteiger charge is 2.49. The van der Waals surface area contributed by atoms with Crippen LogP contribution in [0.25, 0.3) is 11.3 Å². The Bertz CT molecular complexity index is 1550. The van der Waals surface area contributed by atoms with E-state index in [4.69, 9.17) is 4.74 Å². The molecule has 0 unspecified atom stereocenters. The fraction of sp³-hybridized carbons (Fsp3) is 0.200. The maximum atomic E-state index is 13.8. The second-order valence-electron chi connectivity index (χ2n) is 7.11. The smallest absolute Gasteiger partial charge is 0.375 e. The minimum Gasteiger partial charge on any atom is -0.375 e. The van der Waals surface area contributed by atoms with Gasteiger partial charge in [0.1, 0.15) is 12.5 Å². The fourth-order valence-corrected chi connectivity index (χ4v) is 4.69. The van der Waals surface area contributed by atoms with Crippen LogP contribution in [-0.4, -0.2) is 46.2 Å². The SMILES string of the molecule is COCN(c1ccc(C(F)(F)F)c(-c2ccccc2OS(=O)(=O)C(F)(F)F)n1)S(=O)(=O)c1cccc(F)n1. The van der Waals surface area contributed by atoms with Gasteiger partial charge in [0.15, 0.2) is 10.8 Å². The molecule has 0 atom stereocenters. The number of benzene rings is 1. The lowest BCUT2D eigenvalue weighted by atomic mass is 10.0. The van der Waals surface area contributed by atoms with Crippen LogP contribution in [0.2, 0.25) is 0 Å². The lowest BCUT2D eigenvalue weighted by Crippen LogP contribution is -2.34. The van der Waals surface area contributed by atoms with Crippen molar-refractivity contribution in [2.24, 2.45) is 0 Å². The first-order chi connectivity index (χ1) is 17.5. The quantitative estimate of drug-likeness (QED) is 0.125. The fourth-order valence-electron chi connectivity index (χ4n) is 2.94. The summed E-state index contributed by atoms with van der Waals surface area (Å²) in [6.45, 7) is -0.862. The first-order valence-electron chi connectivity index (χ1n) is 9.81. The molecule has 1 aromatic carbocycles. The summed E-state index contributed by atoms with van der Waals surface area (Å²) in [7, 11) is -10.1. The number of hydrogen-bond acceptors (Lipinski definition) is 8. The number of nitrogens with zero attached hydrogens (tertiary/aromatic N) is 3.